The molecular weight excluding hydrogens is 232 g/mol. The molecular formula is C14H12O4. The summed E-state index contributed by atoms with van der Waals surface area (Å²) in [5.41, 5.74) is -2.05. The zero-order valence-electron chi connectivity index (χ0n) is 9.48. The Bertz CT molecular complexity index is 530. The fourth-order valence-corrected chi connectivity index (χ4v) is 2.00. The fourth-order valence-electron chi connectivity index (χ4n) is 2.00. The Labute approximate surface area is 104 Å². The van der Waals surface area contributed by atoms with Gasteiger partial charge in [0.05, 0.1) is 5.92 Å². The molecule has 0 spiro atoms. The van der Waals surface area contributed by atoms with Gasteiger partial charge >= 0.3 is 5.97 Å². The molecule has 0 saturated heterocycles. The van der Waals surface area contributed by atoms with Crippen molar-refractivity contribution in [1.29, 1.82) is 0 Å². The van der Waals surface area contributed by atoms with E-state index in [1.165, 1.54) is 30.4 Å². The number of benzene rings is 1. The van der Waals surface area contributed by atoms with E-state index in [1.807, 2.05) is 0 Å². The third-order valence-corrected chi connectivity index (χ3v) is 2.97. The molecule has 4 heteroatoms. The van der Waals surface area contributed by atoms with Gasteiger partial charge in [-0.1, -0.05) is 48.6 Å². The third-order valence-electron chi connectivity index (χ3n) is 2.97. The van der Waals surface area contributed by atoms with Crippen molar-refractivity contribution in [3.8, 4) is 0 Å². The van der Waals surface area contributed by atoms with Gasteiger partial charge in [-0.2, -0.15) is 0 Å². The van der Waals surface area contributed by atoms with E-state index < -0.39 is 23.3 Å². The van der Waals surface area contributed by atoms with Crippen molar-refractivity contribution in [2.45, 2.75) is 5.60 Å². The zero-order valence-corrected chi connectivity index (χ0v) is 9.48. The normalized spacial score (nSPS) is 21.6. The van der Waals surface area contributed by atoms with Gasteiger partial charge in [0, 0.05) is 0 Å². The van der Waals surface area contributed by atoms with Crippen LogP contribution >= 0.6 is 0 Å². The lowest BCUT2D eigenvalue weighted by Crippen LogP contribution is -2.45. The van der Waals surface area contributed by atoms with E-state index in [-0.39, 0.29) is 5.56 Å². The zero-order chi connectivity index (χ0) is 13.2. The summed E-state index contributed by atoms with van der Waals surface area (Å²) in [7, 11) is 0. The summed E-state index contributed by atoms with van der Waals surface area (Å²) in [6.07, 6.45) is 5.75. The van der Waals surface area contributed by atoms with Crippen LogP contribution < -0.4 is 0 Å². The highest BCUT2D eigenvalue weighted by atomic mass is 16.4. The highest BCUT2D eigenvalue weighted by Crippen LogP contribution is 2.33. The van der Waals surface area contributed by atoms with Gasteiger partial charge in [0.25, 0.3) is 0 Å². The largest absolute Gasteiger partial charge is 0.479 e. The molecule has 0 heterocycles. The van der Waals surface area contributed by atoms with Crippen LogP contribution in [0.4, 0.5) is 0 Å². The number of carboxylic acids is 1. The topological polar surface area (TPSA) is 74.6 Å². The first-order valence-corrected chi connectivity index (χ1v) is 5.47. The summed E-state index contributed by atoms with van der Waals surface area (Å²) in [4.78, 5) is 23.2. The summed E-state index contributed by atoms with van der Waals surface area (Å²) < 4.78 is 0. The van der Waals surface area contributed by atoms with Crippen LogP contribution in [0, 0.1) is 5.92 Å². The Balaban J connectivity index is 2.52. The summed E-state index contributed by atoms with van der Waals surface area (Å²) >= 11 is 0. The Morgan fingerprint density at radius 3 is 2.39 bits per heavy atom. The van der Waals surface area contributed by atoms with Crippen LogP contribution in [0.5, 0.6) is 0 Å². The van der Waals surface area contributed by atoms with Crippen LogP contribution in [-0.2, 0) is 15.2 Å². The van der Waals surface area contributed by atoms with Crippen molar-refractivity contribution in [3.05, 3.63) is 60.2 Å². The van der Waals surface area contributed by atoms with Crippen LogP contribution in [0.2, 0.25) is 0 Å². The molecule has 18 heavy (non-hydrogen) atoms. The summed E-state index contributed by atoms with van der Waals surface area (Å²) in [6.45, 7) is 0. The smallest absolute Gasteiger partial charge is 0.341 e. The lowest BCUT2D eigenvalue weighted by Gasteiger charge is -2.30. The molecule has 2 unspecified atom stereocenters. The Morgan fingerprint density at radius 1 is 1.17 bits per heavy atom. The predicted molar refractivity (Wildman–Crippen MR) is 64.8 cm³/mol. The van der Waals surface area contributed by atoms with Crippen LogP contribution in [-0.4, -0.2) is 22.0 Å². The van der Waals surface area contributed by atoms with E-state index in [4.69, 9.17) is 0 Å². The Morgan fingerprint density at radius 2 is 1.83 bits per heavy atom. The van der Waals surface area contributed by atoms with Crippen molar-refractivity contribution >= 4 is 11.8 Å². The average molecular weight is 244 g/mol. The van der Waals surface area contributed by atoms with Crippen molar-refractivity contribution < 1.29 is 19.8 Å². The fraction of sp³-hybridized carbons (Fsp3) is 0.143. The maximum atomic E-state index is 11.8. The molecule has 1 aromatic carbocycles. The minimum atomic E-state index is -2.24. The molecule has 0 aromatic heterocycles. The minimum Gasteiger partial charge on any atom is -0.479 e. The van der Waals surface area contributed by atoms with Gasteiger partial charge < -0.3 is 10.2 Å². The van der Waals surface area contributed by atoms with Crippen LogP contribution in [0.1, 0.15) is 5.56 Å². The second kappa shape index (κ2) is 4.58. The Hall–Kier alpha value is -2.20. The SMILES string of the molecule is O=C1C=CC=CC1C(O)(C(=O)O)c1ccccc1. The summed E-state index contributed by atoms with van der Waals surface area (Å²) in [5, 5.41) is 19.7. The van der Waals surface area contributed by atoms with E-state index in [0.29, 0.717) is 0 Å². The van der Waals surface area contributed by atoms with Crippen molar-refractivity contribution in [1.82, 2.24) is 0 Å². The van der Waals surface area contributed by atoms with Crippen LogP contribution in [0.25, 0.3) is 0 Å². The van der Waals surface area contributed by atoms with Gasteiger partial charge in [-0.3, -0.25) is 4.79 Å². The first-order chi connectivity index (χ1) is 8.56. The van der Waals surface area contributed by atoms with Gasteiger partial charge in [-0.25, -0.2) is 4.79 Å². The van der Waals surface area contributed by atoms with Gasteiger partial charge in [-0.05, 0) is 11.6 Å². The predicted octanol–water partition coefficient (Wildman–Crippen LogP) is 1.27. The Kier molecular flexibility index (Phi) is 3.12. The number of hydrogen-bond acceptors (Lipinski definition) is 3. The maximum Gasteiger partial charge on any atom is 0.341 e. The van der Waals surface area contributed by atoms with E-state index in [9.17, 15) is 19.8 Å². The number of ketones is 1. The van der Waals surface area contributed by atoms with Crippen molar-refractivity contribution in [2.24, 2.45) is 5.92 Å². The van der Waals surface area contributed by atoms with Gasteiger partial charge in [0.15, 0.2) is 5.78 Å². The number of hydrogen-bond donors (Lipinski definition) is 2. The van der Waals surface area contributed by atoms with Crippen molar-refractivity contribution in [2.75, 3.05) is 0 Å². The van der Waals surface area contributed by atoms with Crippen LogP contribution in [0.15, 0.2) is 54.6 Å². The maximum absolute atomic E-state index is 11.8. The third kappa shape index (κ3) is 1.87. The van der Waals surface area contributed by atoms with E-state index >= 15 is 0 Å². The van der Waals surface area contributed by atoms with E-state index in [1.54, 1.807) is 24.3 Å². The van der Waals surface area contributed by atoms with Crippen molar-refractivity contribution in [3.63, 3.8) is 0 Å². The van der Waals surface area contributed by atoms with Gasteiger partial charge in [-0.15, -0.1) is 0 Å². The van der Waals surface area contributed by atoms with Gasteiger partial charge in [0.2, 0.25) is 5.60 Å². The molecule has 0 saturated carbocycles. The summed E-state index contributed by atoms with van der Waals surface area (Å²) in [6, 6.07) is 7.94. The molecule has 0 amide bonds. The lowest BCUT2D eigenvalue weighted by molar-refractivity contribution is -0.166. The molecule has 0 bridgehead atoms. The molecule has 1 aliphatic carbocycles. The second-order valence-electron chi connectivity index (χ2n) is 4.06. The standard InChI is InChI=1S/C14H12O4/c15-12-9-5-4-8-11(12)14(18,13(16)17)10-6-2-1-3-7-10/h1-9,11,18H,(H,16,17). The molecule has 2 N–H and O–H groups in total. The van der Waals surface area contributed by atoms with Gasteiger partial charge in [0.1, 0.15) is 0 Å². The highest BCUT2D eigenvalue weighted by molar-refractivity contribution is 5.99. The number of carbonyl (C=O) groups excluding carboxylic acids is 1. The van der Waals surface area contributed by atoms with E-state index in [0.717, 1.165) is 0 Å². The minimum absolute atomic E-state index is 0.191. The number of aliphatic hydroxyl groups is 1. The number of rotatable bonds is 3. The first-order valence-electron chi connectivity index (χ1n) is 5.47. The number of carboxylic acid groups (broad SMARTS) is 1. The first kappa shape index (κ1) is 12.3. The number of aliphatic carboxylic acids is 1. The number of carbonyl (C=O) groups is 2. The monoisotopic (exact) mass is 244 g/mol. The highest BCUT2D eigenvalue weighted by Gasteiger charge is 2.47. The molecule has 1 aliphatic rings. The molecule has 0 radical (unpaired) electrons. The van der Waals surface area contributed by atoms with Crippen LogP contribution in [0.3, 0.4) is 0 Å². The molecule has 92 valence electrons. The molecule has 0 aliphatic heterocycles. The summed E-state index contributed by atoms with van der Waals surface area (Å²) in [5.74, 6) is -2.97. The molecule has 2 rings (SSSR count). The number of allylic oxidation sites excluding steroid dienone is 3. The molecule has 0 fully saturated rings. The molecule has 1 aromatic rings. The second-order valence-corrected chi connectivity index (χ2v) is 4.06. The van der Waals surface area contributed by atoms with E-state index in [2.05, 4.69) is 0 Å². The lowest BCUT2D eigenvalue weighted by atomic mass is 9.77. The average Bonchev–Trinajstić information content (AvgIpc) is 2.39. The molecule has 2 atom stereocenters. The quantitative estimate of drug-likeness (QED) is 0.839. The molecule has 4 nitrogen and oxygen atoms in total.